The largest absolute Gasteiger partial charge is 0.487 e. The van der Waals surface area contributed by atoms with Crippen molar-refractivity contribution in [3.8, 4) is 16.2 Å². The molecule has 2 heterocycles. The molecule has 0 radical (unpaired) electrons. The highest BCUT2D eigenvalue weighted by atomic mass is 32.1. The fraction of sp³-hybridized carbons (Fsp3) is 0.333. The lowest BCUT2D eigenvalue weighted by atomic mass is 9.97. The zero-order valence-corrected chi connectivity index (χ0v) is 20.1. The number of hydrogen-bond donors (Lipinski definition) is 2. The van der Waals surface area contributed by atoms with Crippen LogP contribution in [0.15, 0.2) is 66.7 Å². The van der Waals surface area contributed by atoms with Crippen LogP contribution in [-0.2, 0) is 11.4 Å². The molecule has 1 aliphatic heterocycles. The molecule has 1 aromatic heterocycles. The molecule has 2 aromatic carbocycles. The van der Waals surface area contributed by atoms with Crippen LogP contribution in [0.25, 0.3) is 10.4 Å². The lowest BCUT2D eigenvalue weighted by Gasteiger charge is -2.31. The molecule has 1 unspecified atom stereocenters. The summed E-state index contributed by atoms with van der Waals surface area (Å²) in [6.45, 7) is 3.49. The molecule has 3 N–H and O–H groups in total. The van der Waals surface area contributed by atoms with Gasteiger partial charge in [-0.2, -0.15) is 0 Å². The van der Waals surface area contributed by atoms with Gasteiger partial charge in [0.1, 0.15) is 17.2 Å². The Balaban J connectivity index is 1.37. The van der Waals surface area contributed by atoms with Crippen molar-refractivity contribution in [2.24, 2.45) is 11.7 Å². The molecule has 0 bridgehead atoms. The van der Waals surface area contributed by atoms with Crippen LogP contribution in [0.3, 0.4) is 0 Å². The van der Waals surface area contributed by atoms with Crippen LogP contribution in [0.5, 0.6) is 5.75 Å². The molecule has 3 aromatic rings. The first-order valence-electron chi connectivity index (χ1n) is 11.8. The number of primary amides is 1. The summed E-state index contributed by atoms with van der Waals surface area (Å²) in [6, 6.07) is 21.9. The molecule has 0 aliphatic carbocycles. The smallest absolute Gasteiger partial charge is 0.265 e. The quantitative estimate of drug-likeness (QED) is 0.426. The number of benzene rings is 2. The molecule has 0 saturated carbocycles. The van der Waals surface area contributed by atoms with Gasteiger partial charge in [-0.05, 0) is 49.5 Å². The first kappa shape index (κ1) is 24.0. The molecule has 2 amide bonds. The van der Waals surface area contributed by atoms with Crippen LogP contribution in [0.1, 0.15) is 34.5 Å². The maximum Gasteiger partial charge on any atom is 0.265 e. The highest BCUT2D eigenvalue weighted by Gasteiger charge is 2.23. The molecular formula is C27H31N3O3S. The summed E-state index contributed by atoms with van der Waals surface area (Å²) in [4.78, 5) is 28.4. The van der Waals surface area contributed by atoms with Crippen molar-refractivity contribution >= 4 is 23.2 Å². The van der Waals surface area contributed by atoms with Crippen molar-refractivity contribution in [3.05, 3.63) is 77.2 Å². The van der Waals surface area contributed by atoms with E-state index in [0.717, 1.165) is 48.4 Å². The second-order valence-corrected chi connectivity index (χ2v) is 9.65. The van der Waals surface area contributed by atoms with E-state index in [2.05, 4.69) is 10.2 Å². The summed E-state index contributed by atoms with van der Waals surface area (Å²) in [5.74, 6) is 0.206. The Labute approximate surface area is 204 Å². The maximum atomic E-state index is 13.1. The average Bonchev–Trinajstić information content (AvgIpc) is 3.31. The fourth-order valence-electron chi connectivity index (χ4n) is 4.20. The Bertz CT molecular complexity index is 1090. The van der Waals surface area contributed by atoms with Crippen molar-refractivity contribution in [1.29, 1.82) is 0 Å². The number of carbonyl (C=O) groups is 2. The minimum atomic E-state index is -0.215. The molecule has 1 aliphatic rings. The fourth-order valence-corrected chi connectivity index (χ4v) is 5.22. The van der Waals surface area contributed by atoms with E-state index < -0.39 is 0 Å². The summed E-state index contributed by atoms with van der Waals surface area (Å²) in [5.41, 5.74) is 7.59. The molecule has 7 heteroatoms. The molecule has 0 spiro atoms. The van der Waals surface area contributed by atoms with Crippen LogP contribution in [-0.4, -0.2) is 42.9 Å². The Morgan fingerprint density at radius 3 is 2.56 bits per heavy atom. The van der Waals surface area contributed by atoms with E-state index in [1.54, 1.807) is 0 Å². The van der Waals surface area contributed by atoms with E-state index in [1.807, 2.05) is 66.7 Å². The number of rotatable bonds is 10. The predicted molar refractivity (Wildman–Crippen MR) is 136 cm³/mol. The zero-order valence-electron chi connectivity index (χ0n) is 19.2. The number of thiophene rings is 1. The number of carbonyl (C=O) groups excluding carboxylic acids is 2. The number of nitrogens with two attached hydrogens (primary N) is 1. The minimum Gasteiger partial charge on any atom is -0.487 e. The Hall–Kier alpha value is -3.16. The second-order valence-electron chi connectivity index (χ2n) is 8.60. The van der Waals surface area contributed by atoms with Gasteiger partial charge in [0, 0.05) is 18.0 Å². The zero-order chi connectivity index (χ0) is 23.8. The van der Waals surface area contributed by atoms with Gasteiger partial charge >= 0.3 is 0 Å². The number of likely N-dealkylation sites (tertiary alicyclic amines) is 1. The van der Waals surface area contributed by atoms with Gasteiger partial charge in [-0.15, -0.1) is 11.3 Å². The van der Waals surface area contributed by atoms with Crippen molar-refractivity contribution in [1.82, 2.24) is 10.2 Å². The van der Waals surface area contributed by atoms with E-state index in [0.29, 0.717) is 30.3 Å². The van der Waals surface area contributed by atoms with E-state index in [9.17, 15) is 9.59 Å². The van der Waals surface area contributed by atoms with Gasteiger partial charge in [0.2, 0.25) is 5.91 Å². The van der Waals surface area contributed by atoms with E-state index in [-0.39, 0.29) is 17.7 Å². The number of nitrogens with zero attached hydrogens (tertiary/aromatic N) is 1. The number of amides is 2. The monoisotopic (exact) mass is 477 g/mol. The normalized spacial score (nSPS) is 16.2. The first-order valence-corrected chi connectivity index (χ1v) is 12.6. The number of ether oxygens (including phenoxy) is 1. The third kappa shape index (κ3) is 6.46. The summed E-state index contributed by atoms with van der Waals surface area (Å²) < 4.78 is 6.08. The van der Waals surface area contributed by atoms with Crippen LogP contribution < -0.4 is 15.8 Å². The molecule has 1 saturated heterocycles. The first-order chi connectivity index (χ1) is 16.6. The topological polar surface area (TPSA) is 84.7 Å². The number of hydrogen-bond acceptors (Lipinski definition) is 5. The van der Waals surface area contributed by atoms with Crippen molar-refractivity contribution in [2.45, 2.75) is 25.9 Å². The van der Waals surface area contributed by atoms with Crippen LogP contribution in [0.4, 0.5) is 0 Å². The second kappa shape index (κ2) is 11.8. The summed E-state index contributed by atoms with van der Waals surface area (Å²) in [6.07, 6.45) is 2.67. The van der Waals surface area contributed by atoms with Crippen LogP contribution in [0.2, 0.25) is 0 Å². The van der Waals surface area contributed by atoms with E-state index in [1.165, 1.54) is 11.3 Å². The van der Waals surface area contributed by atoms with Gasteiger partial charge in [-0.1, -0.05) is 60.7 Å². The van der Waals surface area contributed by atoms with Gasteiger partial charge in [0.05, 0.1) is 5.92 Å². The lowest BCUT2D eigenvalue weighted by molar-refractivity contribution is -0.123. The standard InChI is InChI=1S/C27H31N3O3S/c28-26(31)22-13-7-15-30(18-22)16-8-14-29-27(32)25-23(33-19-20-9-3-1-4-10-20)17-24(34-25)21-11-5-2-6-12-21/h1-6,9-12,17,22H,7-8,13-16,18-19H2,(H2,28,31)(H,29,32). The molecule has 4 rings (SSSR count). The van der Waals surface area contributed by atoms with Crippen LogP contribution in [0, 0.1) is 5.92 Å². The van der Waals surface area contributed by atoms with Gasteiger partial charge in [0.25, 0.3) is 5.91 Å². The molecule has 6 nitrogen and oxygen atoms in total. The van der Waals surface area contributed by atoms with Gasteiger partial charge in [-0.3, -0.25) is 9.59 Å². The highest BCUT2D eigenvalue weighted by molar-refractivity contribution is 7.17. The van der Waals surface area contributed by atoms with Crippen molar-refractivity contribution in [2.75, 3.05) is 26.2 Å². The summed E-state index contributed by atoms with van der Waals surface area (Å²) in [5, 5.41) is 3.05. The molecule has 1 atom stereocenters. The lowest BCUT2D eigenvalue weighted by Crippen LogP contribution is -2.42. The third-order valence-corrected chi connectivity index (χ3v) is 7.21. The maximum absolute atomic E-state index is 13.1. The molecule has 34 heavy (non-hydrogen) atoms. The third-order valence-electron chi connectivity index (χ3n) is 6.04. The molecular weight excluding hydrogens is 446 g/mol. The Kier molecular flexibility index (Phi) is 8.33. The SMILES string of the molecule is NC(=O)C1CCCN(CCCNC(=O)c2sc(-c3ccccc3)cc2OCc2ccccc2)C1. The Morgan fingerprint density at radius 1 is 1.09 bits per heavy atom. The van der Waals surface area contributed by atoms with Crippen molar-refractivity contribution in [3.63, 3.8) is 0 Å². The van der Waals surface area contributed by atoms with Crippen molar-refractivity contribution < 1.29 is 14.3 Å². The molecule has 1 fully saturated rings. The average molecular weight is 478 g/mol. The number of piperidine rings is 1. The van der Waals surface area contributed by atoms with Gasteiger partial charge in [0.15, 0.2) is 0 Å². The van der Waals surface area contributed by atoms with Gasteiger partial charge in [-0.25, -0.2) is 0 Å². The number of nitrogens with one attached hydrogen (secondary N) is 1. The van der Waals surface area contributed by atoms with Gasteiger partial charge < -0.3 is 20.7 Å². The Morgan fingerprint density at radius 2 is 1.82 bits per heavy atom. The van der Waals surface area contributed by atoms with E-state index >= 15 is 0 Å². The highest BCUT2D eigenvalue weighted by Crippen LogP contribution is 2.36. The minimum absolute atomic E-state index is 0.0600. The summed E-state index contributed by atoms with van der Waals surface area (Å²) in [7, 11) is 0. The van der Waals surface area contributed by atoms with E-state index in [4.69, 9.17) is 10.5 Å². The molecule has 178 valence electrons. The van der Waals surface area contributed by atoms with Crippen LogP contribution >= 0.6 is 11.3 Å². The summed E-state index contributed by atoms with van der Waals surface area (Å²) >= 11 is 1.45. The predicted octanol–water partition coefficient (Wildman–Crippen LogP) is 4.31.